The second kappa shape index (κ2) is 4.82. The van der Waals surface area contributed by atoms with E-state index in [-0.39, 0.29) is 15.5 Å². The third-order valence-corrected chi connectivity index (χ3v) is 2.61. The summed E-state index contributed by atoms with van der Waals surface area (Å²) in [6.07, 6.45) is 0. The number of halogens is 2. The lowest BCUT2D eigenvalue weighted by Gasteiger charge is -2.04. The summed E-state index contributed by atoms with van der Waals surface area (Å²) in [6, 6.07) is 1.39. The van der Waals surface area contributed by atoms with Crippen molar-refractivity contribution in [2.75, 3.05) is 0 Å². The van der Waals surface area contributed by atoms with Gasteiger partial charge >= 0.3 is 5.97 Å². The Morgan fingerprint density at radius 1 is 1.50 bits per heavy atom. The van der Waals surface area contributed by atoms with Gasteiger partial charge in [-0.25, -0.2) is 9.97 Å². The van der Waals surface area contributed by atoms with Gasteiger partial charge in [0.2, 0.25) is 0 Å². The number of carboxylic acid groups (broad SMARTS) is 1. The zero-order valence-corrected chi connectivity index (χ0v) is 9.40. The number of rotatable bonds is 3. The lowest BCUT2D eigenvalue weighted by molar-refractivity contribution is -0.136. The zero-order chi connectivity index (χ0) is 10.7. The first-order chi connectivity index (χ1) is 6.49. The van der Waals surface area contributed by atoms with Crippen molar-refractivity contribution in [1.29, 1.82) is 0 Å². The summed E-state index contributed by atoms with van der Waals surface area (Å²) in [4.78, 5) is 18.2. The number of carbonyl (C=O) groups is 1. The maximum atomic E-state index is 10.5. The van der Waals surface area contributed by atoms with Crippen molar-refractivity contribution in [2.45, 2.75) is 17.3 Å². The number of hydrogen-bond donors (Lipinski definition) is 1. The summed E-state index contributed by atoms with van der Waals surface area (Å²) in [5.41, 5.74) is 0. The molecule has 0 spiro atoms. The van der Waals surface area contributed by atoms with Crippen LogP contribution in [0.3, 0.4) is 0 Å². The van der Waals surface area contributed by atoms with E-state index < -0.39 is 11.2 Å². The molecule has 0 amide bonds. The molecule has 1 atom stereocenters. The van der Waals surface area contributed by atoms with Crippen LogP contribution in [0.2, 0.25) is 10.3 Å². The maximum Gasteiger partial charge on any atom is 0.316 e. The molecule has 0 bridgehead atoms. The predicted molar refractivity (Wildman–Crippen MR) is 55.0 cm³/mol. The molecule has 0 aliphatic carbocycles. The standard InChI is InChI=1S/C7H6Cl2N2O2S/c1-3(6(12)13)14-7-10-4(8)2-5(9)11-7/h2-3H,1H3,(H,12,13). The van der Waals surface area contributed by atoms with E-state index >= 15 is 0 Å². The van der Waals surface area contributed by atoms with Gasteiger partial charge in [0.15, 0.2) is 5.16 Å². The first-order valence-electron chi connectivity index (χ1n) is 3.58. The summed E-state index contributed by atoms with van der Waals surface area (Å²) in [7, 11) is 0. The molecule has 0 radical (unpaired) electrons. The molecule has 1 N–H and O–H groups in total. The van der Waals surface area contributed by atoms with Crippen LogP contribution >= 0.6 is 35.0 Å². The van der Waals surface area contributed by atoms with Gasteiger partial charge in [0.1, 0.15) is 15.6 Å². The molecule has 0 aliphatic heterocycles. The Labute approximate surface area is 94.7 Å². The highest BCUT2D eigenvalue weighted by Gasteiger charge is 2.14. The van der Waals surface area contributed by atoms with Gasteiger partial charge in [-0.1, -0.05) is 35.0 Å². The second-order valence-electron chi connectivity index (χ2n) is 2.39. The predicted octanol–water partition coefficient (Wildman–Crippen LogP) is 2.35. The first kappa shape index (κ1) is 11.6. The molecule has 0 aliphatic rings. The van der Waals surface area contributed by atoms with Gasteiger partial charge in [-0.3, -0.25) is 4.79 Å². The Bertz CT molecular complexity index is 341. The number of hydrogen-bond acceptors (Lipinski definition) is 4. The van der Waals surface area contributed by atoms with Crippen molar-refractivity contribution in [1.82, 2.24) is 9.97 Å². The molecule has 0 saturated carbocycles. The number of aromatic nitrogens is 2. The van der Waals surface area contributed by atoms with Crippen LogP contribution in [0.1, 0.15) is 6.92 Å². The monoisotopic (exact) mass is 252 g/mol. The number of carboxylic acids is 1. The van der Waals surface area contributed by atoms with Crippen molar-refractivity contribution in [2.24, 2.45) is 0 Å². The molecule has 1 rings (SSSR count). The van der Waals surface area contributed by atoms with Crippen LogP contribution in [0.5, 0.6) is 0 Å². The largest absolute Gasteiger partial charge is 0.480 e. The Morgan fingerprint density at radius 3 is 2.43 bits per heavy atom. The van der Waals surface area contributed by atoms with E-state index in [9.17, 15) is 4.79 Å². The van der Waals surface area contributed by atoms with E-state index in [1.807, 2.05) is 0 Å². The first-order valence-corrected chi connectivity index (χ1v) is 5.22. The van der Waals surface area contributed by atoms with Crippen LogP contribution < -0.4 is 0 Å². The molecule has 4 nitrogen and oxygen atoms in total. The van der Waals surface area contributed by atoms with Crippen LogP contribution in [0.15, 0.2) is 11.2 Å². The van der Waals surface area contributed by atoms with E-state index in [1.165, 1.54) is 13.0 Å². The van der Waals surface area contributed by atoms with Crippen LogP contribution in [0, 0.1) is 0 Å². The molecule has 0 aromatic carbocycles. The van der Waals surface area contributed by atoms with Gasteiger partial charge in [-0.05, 0) is 6.92 Å². The number of nitrogens with zero attached hydrogens (tertiary/aromatic N) is 2. The van der Waals surface area contributed by atoms with E-state index in [4.69, 9.17) is 28.3 Å². The molecule has 1 heterocycles. The Kier molecular flexibility index (Phi) is 3.97. The fourth-order valence-electron chi connectivity index (χ4n) is 0.632. The van der Waals surface area contributed by atoms with E-state index in [1.54, 1.807) is 0 Å². The Balaban J connectivity index is 2.81. The summed E-state index contributed by atoms with van der Waals surface area (Å²) < 4.78 is 0. The summed E-state index contributed by atoms with van der Waals surface area (Å²) in [6.45, 7) is 1.53. The van der Waals surface area contributed by atoms with Crippen LogP contribution in [0.4, 0.5) is 0 Å². The minimum atomic E-state index is -0.935. The molecule has 1 aromatic rings. The van der Waals surface area contributed by atoms with Crippen molar-refractivity contribution >= 4 is 40.9 Å². The Morgan fingerprint density at radius 2 is 2.00 bits per heavy atom. The second-order valence-corrected chi connectivity index (χ2v) is 4.48. The molecule has 0 saturated heterocycles. The molecular formula is C7H6Cl2N2O2S. The van der Waals surface area contributed by atoms with Crippen LogP contribution in [-0.4, -0.2) is 26.3 Å². The third kappa shape index (κ3) is 3.32. The van der Waals surface area contributed by atoms with Crippen LogP contribution in [0.25, 0.3) is 0 Å². The van der Waals surface area contributed by atoms with Crippen molar-refractivity contribution < 1.29 is 9.90 Å². The molecule has 76 valence electrons. The summed E-state index contributed by atoms with van der Waals surface area (Å²) in [5.74, 6) is -0.935. The smallest absolute Gasteiger partial charge is 0.316 e. The summed E-state index contributed by atoms with van der Waals surface area (Å²) >= 11 is 12.2. The lowest BCUT2D eigenvalue weighted by Crippen LogP contribution is -2.11. The molecule has 1 unspecified atom stereocenters. The quantitative estimate of drug-likeness (QED) is 0.509. The normalized spacial score (nSPS) is 12.5. The fourth-order valence-corrected chi connectivity index (χ4v) is 1.87. The molecule has 1 aromatic heterocycles. The number of aliphatic carboxylic acids is 1. The molecular weight excluding hydrogens is 247 g/mol. The van der Waals surface area contributed by atoms with Crippen molar-refractivity contribution in [3.63, 3.8) is 0 Å². The highest BCUT2D eigenvalue weighted by Crippen LogP contribution is 2.22. The zero-order valence-electron chi connectivity index (χ0n) is 7.07. The SMILES string of the molecule is CC(Sc1nc(Cl)cc(Cl)n1)C(=O)O. The minimum Gasteiger partial charge on any atom is -0.480 e. The lowest BCUT2D eigenvalue weighted by atomic mass is 10.5. The third-order valence-electron chi connectivity index (χ3n) is 1.27. The molecule has 7 heteroatoms. The van der Waals surface area contributed by atoms with Crippen molar-refractivity contribution in [3.05, 3.63) is 16.4 Å². The average molecular weight is 253 g/mol. The maximum absolute atomic E-state index is 10.5. The molecule has 0 fully saturated rings. The topological polar surface area (TPSA) is 63.1 Å². The van der Waals surface area contributed by atoms with Gasteiger partial charge in [0, 0.05) is 6.07 Å². The summed E-state index contributed by atoms with van der Waals surface area (Å²) in [5, 5.41) is 8.66. The van der Waals surface area contributed by atoms with Gasteiger partial charge in [0.25, 0.3) is 0 Å². The fraction of sp³-hybridized carbons (Fsp3) is 0.286. The average Bonchev–Trinajstić information content (AvgIpc) is 2.01. The van der Waals surface area contributed by atoms with Gasteiger partial charge in [-0.2, -0.15) is 0 Å². The van der Waals surface area contributed by atoms with E-state index in [2.05, 4.69) is 9.97 Å². The van der Waals surface area contributed by atoms with Gasteiger partial charge in [0.05, 0.1) is 0 Å². The number of thioether (sulfide) groups is 1. The highest BCUT2D eigenvalue weighted by atomic mass is 35.5. The minimum absolute atomic E-state index is 0.199. The molecule has 14 heavy (non-hydrogen) atoms. The highest BCUT2D eigenvalue weighted by molar-refractivity contribution is 8.00. The Hall–Kier alpha value is -0.520. The van der Waals surface area contributed by atoms with Crippen LogP contribution in [-0.2, 0) is 4.79 Å². The van der Waals surface area contributed by atoms with Gasteiger partial charge < -0.3 is 5.11 Å². The van der Waals surface area contributed by atoms with E-state index in [0.29, 0.717) is 0 Å². The van der Waals surface area contributed by atoms with Crippen molar-refractivity contribution in [3.8, 4) is 0 Å². The van der Waals surface area contributed by atoms with Gasteiger partial charge in [-0.15, -0.1) is 0 Å². The van der Waals surface area contributed by atoms with E-state index in [0.717, 1.165) is 11.8 Å².